The summed E-state index contributed by atoms with van der Waals surface area (Å²) in [6, 6.07) is 0. The number of carbonyl (C=O) groups is 1. The van der Waals surface area contributed by atoms with Crippen molar-refractivity contribution in [2.45, 2.75) is 6.42 Å². The summed E-state index contributed by atoms with van der Waals surface area (Å²) in [6.45, 7) is 0. The molecule has 0 atom stereocenters. The van der Waals surface area contributed by atoms with Gasteiger partial charge in [0.05, 0.1) is 18.3 Å². The van der Waals surface area contributed by atoms with E-state index in [1.807, 2.05) is 0 Å². The molecule has 4 nitrogen and oxygen atoms in total. The Balaban J connectivity index is 2.79. The van der Waals surface area contributed by atoms with Gasteiger partial charge in [-0.25, -0.2) is 4.98 Å². The van der Waals surface area contributed by atoms with E-state index in [-0.39, 0.29) is 11.6 Å². The first kappa shape index (κ1) is 7.94. The van der Waals surface area contributed by atoms with Gasteiger partial charge in [-0.3, -0.25) is 9.78 Å². The minimum atomic E-state index is -0.443. The van der Waals surface area contributed by atoms with Gasteiger partial charge in [0.1, 0.15) is 5.15 Å². The third-order valence-corrected chi connectivity index (χ3v) is 1.19. The molecule has 0 bridgehead atoms. The number of primary amides is 1. The highest BCUT2D eigenvalue weighted by atomic mass is 35.5. The molecule has 11 heavy (non-hydrogen) atoms. The Kier molecular flexibility index (Phi) is 2.38. The molecule has 0 aromatic carbocycles. The largest absolute Gasteiger partial charge is 0.369 e. The van der Waals surface area contributed by atoms with Crippen molar-refractivity contribution < 1.29 is 4.79 Å². The molecule has 2 N–H and O–H groups in total. The molecule has 0 saturated heterocycles. The average molecular weight is 172 g/mol. The fraction of sp³-hybridized carbons (Fsp3) is 0.167. The third-order valence-electron chi connectivity index (χ3n) is 1.01. The van der Waals surface area contributed by atoms with Crippen LogP contribution in [0.5, 0.6) is 0 Å². The van der Waals surface area contributed by atoms with Crippen LogP contribution >= 0.6 is 11.6 Å². The zero-order valence-corrected chi connectivity index (χ0v) is 6.38. The Bertz CT molecular complexity index is 276. The van der Waals surface area contributed by atoms with Crippen LogP contribution in [0.4, 0.5) is 0 Å². The smallest absolute Gasteiger partial charge is 0.223 e. The van der Waals surface area contributed by atoms with Crippen LogP contribution in [-0.2, 0) is 11.2 Å². The van der Waals surface area contributed by atoms with Gasteiger partial charge < -0.3 is 5.73 Å². The SMILES string of the molecule is NC(=O)Cc1cncc(Cl)n1. The van der Waals surface area contributed by atoms with Crippen molar-refractivity contribution in [3.63, 3.8) is 0 Å². The summed E-state index contributed by atoms with van der Waals surface area (Å²) >= 11 is 5.50. The van der Waals surface area contributed by atoms with Crippen LogP contribution in [0, 0.1) is 0 Å². The first-order chi connectivity index (χ1) is 5.18. The maximum Gasteiger partial charge on any atom is 0.223 e. The van der Waals surface area contributed by atoms with Crippen molar-refractivity contribution in [2.24, 2.45) is 5.73 Å². The van der Waals surface area contributed by atoms with Crippen LogP contribution in [-0.4, -0.2) is 15.9 Å². The van der Waals surface area contributed by atoms with Crippen LogP contribution in [0.25, 0.3) is 0 Å². The minimum absolute atomic E-state index is 0.0769. The topological polar surface area (TPSA) is 68.9 Å². The van der Waals surface area contributed by atoms with E-state index in [0.29, 0.717) is 5.69 Å². The summed E-state index contributed by atoms with van der Waals surface area (Å²) < 4.78 is 0. The van der Waals surface area contributed by atoms with E-state index >= 15 is 0 Å². The van der Waals surface area contributed by atoms with Gasteiger partial charge in [-0.1, -0.05) is 11.6 Å². The van der Waals surface area contributed by atoms with Gasteiger partial charge in [0.25, 0.3) is 0 Å². The lowest BCUT2D eigenvalue weighted by atomic mass is 10.3. The predicted octanol–water partition coefficient (Wildman–Crippen LogP) is 0.158. The van der Waals surface area contributed by atoms with Crippen molar-refractivity contribution in [1.82, 2.24) is 9.97 Å². The molecule has 5 heteroatoms. The molecule has 0 saturated carbocycles. The number of nitrogens with two attached hydrogens (primary N) is 1. The number of aromatic nitrogens is 2. The summed E-state index contributed by atoms with van der Waals surface area (Å²) in [5.41, 5.74) is 5.42. The van der Waals surface area contributed by atoms with Crippen molar-refractivity contribution in [3.05, 3.63) is 23.2 Å². The maximum absolute atomic E-state index is 10.4. The van der Waals surface area contributed by atoms with Crippen molar-refractivity contribution >= 4 is 17.5 Å². The van der Waals surface area contributed by atoms with Gasteiger partial charge in [-0.05, 0) is 0 Å². The molecule has 0 spiro atoms. The Morgan fingerprint density at radius 2 is 2.36 bits per heavy atom. The second-order valence-corrected chi connectivity index (χ2v) is 2.36. The molecule has 58 valence electrons. The Labute approximate surface area is 68.4 Å². The van der Waals surface area contributed by atoms with E-state index < -0.39 is 5.91 Å². The van der Waals surface area contributed by atoms with Gasteiger partial charge in [-0.2, -0.15) is 0 Å². The van der Waals surface area contributed by atoms with Crippen LogP contribution in [0.3, 0.4) is 0 Å². The van der Waals surface area contributed by atoms with Crippen LogP contribution in [0.15, 0.2) is 12.4 Å². The lowest BCUT2D eigenvalue weighted by molar-refractivity contribution is -0.117. The predicted molar refractivity (Wildman–Crippen MR) is 39.9 cm³/mol. The monoisotopic (exact) mass is 171 g/mol. The number of hydrogen-bond donors (Lipinski definition) is 1. The molecule has 0 radical (unpaired) electrons. The number of amides is 1. The van der Waals surface area contributed by atoms with Crippen molar-refractivity contribution in [2.75, 3.05) is 0 Å². The lowest BCUT2D eigenvalue weighted by Crippen LogP contribution is -2.14. The van der Waals surface area contributed by atoms with Gasteiger partial charge in [0, 0.05) is 6.20 Å². The lowest BCUT2D eigenvalue weighted by Gasteiger charge is -1.94. The van der Waals surface area contributed by atoms with Gasteiger partial charge in [0.2, 0.25) is 5.91 Å². The molecule has 1 aromatic rings. The van der Waals surface area contributed by atoms with E-state index in [1.165, 1.54) is 12.4 Å². The Morgan fingerprint density at radius 3 is 2.91 bits per heavy atom. The minimum Gasteiger partial charge on any atom is -0.369 e. The number of halogens is 1. The van der Waals surface area contributed by atoms with Crippen LogP contribution < -0.4 is 5.73 Å². The molecule has 1 rings (SSSR count). The zero-order valence-electron chi connectivity index (χ0n) is 5.62. The van der Waals surface area contributed by atoms with E-state index in [0.717, 1.165) is 0 Å². The summed E-state index contributed by atoms with van der Waals surface area (Å²) in [4.78, 5) is 17.9. The summed E-state index contributed by atoms with van der Waals surface area (Å²) in [5.74, 6) is -0.443. The highest BCUT2D eigenvalue weighted by Crippen LogP contribution is 2.02. The quantitative estimate of drug-likeness (QED) is 0.689. The van der Waals surface area contributed by atoms with Crippen molar-refractivity contribution in [1.29, 1.82) is 0 Å². The molecule has 1 amide bonds. The highest BCUT2D eigenvalue weighted by Gasteiger charge is 1.99. The molecular formula is C6H6ClN3O. The molecule has 1 aromatic heterocycles. The van der Waals surface area contributed by atoms with Crippen molar-refractivity contribution in [3.8, 4) is 0 Å². The standard InChI is InChI=1S/C6H6ClN3O/c7-5-3-9-2-4(10-5)1-6(8)11/h2-3H,1H2,(H2,8,11). The maximum atomic E-state index is 10.4. The zero-order chi connectivity index (χ0) is 8.27. The normalized spacial score (nSPS) is 9.55. The average Bonchev–Trinajstić information content (AvgIpc) is 1.85. The van der Waals surface area contributed by atoms with Gasteiger partial charge in [0.15, 0.2) is 0 Å². The first-order valence-electron chi connectivity index (χ1n) is 2.93. The van der Waals surface area contributed by atoms with Crippen LogP contribution in [0.2, 0.25) is 5.15 Å². The highest BCUT2D eigenvalue weighted by molar-refractivity contribution is 6.29. The third kappa shape index (κ3) is 2.51. The number of carbonyl (C=O) groups excluding carboxylic acids is 1. The first-order valence-corrected chi connectivity index (χ1v) is 3.31. The molecule has 1 heterocycles. The number of rotatable bonds is 2. The fourth-order valence-corrected chi connectivity index (χ4v) is 0.808. The molecule has 0 aliphatic heterocycles. The fourth-order valence-electron chi connectivity index (χ4n) is 0.643. The molecule has 0 aliphatic carbocycles. The van der Waals surface area contributed by atoms with E-state index in [2.05, 4.69) is 9.97 Å². The summed E-state index contributed by atoms with van der Waals surface area (Å²) in [7, 11) is 0. The van der Waals surface area contributed by atoms with E-state index in [4.69, 9.17) is 17.3 Å². The molecule has 0 aliphatic rings. The molecule has 0 unspecified atom stereocenters. The summed E-state index contributed by atoms with van der Waals surface area (Å²) in [6.07, 6.45) is 2.93. The Hall–Kier alpha value is -1.16. The van der Waals surface area contributed by atoms with Crippen LogP contribution in [0.1, 0.15) is 5.69 Å². The van der Waals surface area contributed by atoms with E-state index in [9.17, 15) is 4.79 Å². The second kappa shape index (κ2) is 3.30. The Morgan fingerprint density at radius 1 is 1.64 bits per heavy atom. The second-order valence-electron chi connectivity index (χ2n) is 1.98. The number of hydrogen-bond acceptors (Lipinski definition) is 3. The van der Waals surface area contributed by atoms with E-state index in [1.54, 1.807) is 0 Å². The van der Waals surface area contributed by atoms with Gasteiger partial charge >= 0.3 is 0 Å². The summed E-state index contributed by atoms with van der Waals surface area (Å²) in [5, 5.41) is 0.267. The molecular weight excluding hydrogens is 166 g/mol. The van der Waals surface area contributed by atoms with Gasteiger partial charge in [-0.15, -0.1) is 0 Å². The molecule has 0 fully saturated rings. The number of nitrogens with zero attached hydrogens (tertiary/aromatic N) is 2.